The van der Waals surface area contributed by atoms with Crippen molar-refractivity contribution < 1.29 is 23.5 Å². The molecule has 4 rings (SSSR count). The van der Waals surface area contributed by atoms with Gasteiger partial charge in [0.2, 0.25) is 0 Å². The number of carbonyl (C=O) groups is 2. The first kappa shape index (κ1) is 16.0. The van der Waals surface area contributed by atoms with Crippen molar-refractivity contribution in [1.29, 1.82) is 0 Å². The van der Waals surface area contributed by atoms with Gasteiger partial charge in [-0.2, -0.15) is 0 Å². The highest BCUT2D eigenvalue weighted by Crippen LogP contribution is 2.32. The molecule has 26 heavy (non-hydrogen) atoms. The second-order valence-corrected chi connectivity index (χ2v) is 5.92. The average molecular weight is 352 g/mol. The molecule has 0 spiro atoms. The molecule has 132 valence electrons. The van der Waals surface area contributed by atoms with Crippen LogP contribution in [0.1, 0.15) is 16.1 Å². The minimum atomic E-state index is -0.374. The molecular formula is C19H16N2O5. The van der Waals surface area contributed by atoms with Crippen molar-refractivity contribution in [2.75, 3.05) is 24.4 Å². The number of hydrogen-bond acceptors (Lipinski definition) is 5. The molecule has 2 heterocycles. The number of nitrogens with one attached hydrogen (secondary N) is 2. The molecule has 0 atom stereocenters. The number of fused-ring (bicyclic) bond motifs is 2. The molecule has 0 aliphatic carbocycles. The fraction of sp³-hybridized carbons (Fsp3) is 0.158. The summed E-state index contributed by atoms with van der Waals surface area (Å²) < 4.78 is 16.2. The van der Waals surface area contributed by atoms with Crippen LogP contribution in [0.2, 0.25) is 0 Å². The third-order valence-corrected chi connectivity index (χ3v) is 4.22. The molecule has 7 nitrogen and oxygen atoms in total. The van der Waals surface area contributed by atoms with Gasteiger partial charge in [-0.3, -0.25) is 9.59 Å². The number of methoxy groups -OCH3 is 1. The lowest BCUT2D eigenvalue weighted by molar-refractivity contribution is -0.118. The normalized spacial score (nSPS) is 12.9. The van der Waals surface area contributed by atoms with E-state index < -0.39 is 0 Å². The summed E-state index contributed by atoms with van der Waals surface area (Å²) in [5.41, 5.74) is 2.38. The number of ether oxygens (including phenoxy) is 2. The summed E-state index contributed by atoms with van der Waals surface area (Å²) in [4.78, 5) is 24.1. The van der Waals surface area contributed by atoms with E-state index >= 15 is 0 Å². The van der Waals surface area contributed by atoms with Crippen LogP contribution in [0.15, 0.2) is 40.8 Å². The Labute approximate surface area is 148 Å². The summed E-state index contributed by atoms with van der Waals surface area (Å²) in [7, 11) is 1.59. The molecule has 0 bridgehead atoms. The van der Waals surface area contributed by atoms with Crippen molar-refractivity contribution in [2.24, 2.45) is 0 Å². The van der Waals surface area contributed by atoms with Gasteiger partial charge in [0.1, 0.15) is 17.1 Å². The van der Waals surface area contributed by atoms with Crippen LogP contribution in [-0.4, -0.2) is 25.5 Å². The first-order chi connectivity index (χ1) is 12.5. The molecule has 0 saturated carbocycles. The highest BCUT2D eigenvalue weighted by molar-refractivity contribution is 6.07. The van der Waals surface area contributed by atoms with Crippen LogP contribution in [0, 0.1) is 6.92 Å². The lowest BCUT2D eigenvalue weighted by Crippen LogP contribution is -2.25. The van der Waals surface area contributed by atoms with Gasteiger partial charge in [0, 0.05) is 16.6 Å². The van der Waals surface area contributed by atoms with Crippen LogP contribution < -0.4 is 20.1 Å². The molecule has 1 aliphatic rings. The topological polar surface area (TPSA) is 89.8 Å². The molecule has 0 radical (unpaired) electrons. The number of amides is 2. The Morgan fingerprint density at radius 1 is 1.23 bits per heavy atom. The first-order valence-electron chi connectivity index (χ1n) is 8.00. The molecular weight excluding hydrogens is 336 g/mol. The Kier molecular flexibility index (Phi) is 3.76. The summed E-state index contributed by atoms with van der Waals surface area (Å²) in [6.07, 6.45) is 0. The second kappa shape index (κ2) is 6.11. The van der Waals surface area contributed by atoms with Crippen LogP contribution in [0.4, 0.5) is 11.4 Å². The molecule has 7 heteroatoms. The van der Waals surface area contributed by atoms with Gasteiger partial charge in [0.05, 0.1) is 12.8 Å². The van der Waals surface area contributed by atoms with Crippen molar-refractivity contribution in [3.63, 3.8) is 0 Å². The minimum absolute atomic E-state index is 0.0135. The van der Waals surface area contributed by atoms with Crippen LogP contribution >= 0.6 is 0 Å². The molecule has 0 fully saturated rings. The van der Waals surface area contributed by atoms with Crippen LogP contribution in [0.5, 0.6) is 11.5 Å². The third-order valence-electron chi connectivity index (χ3n) is 4.22. The molecule has 1 aliphatic heterocycles. The molecule has 0 unspecified atom stereocenters. The number of anilines is 2. The first-order valence-corrected chi connectivity index (χ1v) is 8.00. The quantitative estimate of drug-likeness (QED) is 0.755. The maximum atomic E-state index is 12.6. The summed E-state index contributed by atoms with van der Waals surface area (Å²) in [5, 5.41) is 6.31. The molecule has 3 aromatic rings. The molecule has 1 aromatic heterocycles. The van der Waals surface area contributed by atoms with Gasteiger partial charge in [0.15, 0.2) is 12.4 Å². The Balaban J connectivity index is 1.62. The molecule has 2 aromatic carbocycles. The Morgan fingerprint density at radius 3 is 2.88 bits per heavy atom. The van der Waals surface area contributed by atoms with Gasteiger partial charge in [-0.05, 0) is 43.3 Å². The maximum Gasteiger partial charge on any atom is 0.291 e. The average Bonchev–Trinajstić information content (AvgIpc) is 2.97. The number of rotatable bonds is 3. The number of hydrogen-bond donors (Lipinski definition) is 2. The SMILES string of the molecule is COc1ccc2oc(C(=O)Nc3ccc4c(c3)NC(=O)CO4)c(C)c2c1. The van der Waals surface area contributed by atoms with Gasteiger partial charge >= 0.3 is 0 Å². The van der Waals surface area contributed by atoms with Crippen LogP contribution in [0.3, 0.4) is 0 Å². The van der Waals surface area contributed by atoms with Gasteiger partial charge in [0.25, 0.3) is 11.8 Å². The number of carbonyl (C=O) groups excluding carboxylic acids is 2. The van der Waals surface area contributed by atoms with E-state index in [1.807, 2.05) is 13.0 Å². The van der Waals surface area contributed by atoms with Gasteiger partial charge in [-0.15, -0.1) is 0 Å². The lowest BCUT2D eigenvalue weighted by Gasteiger charge is -2.18. The smallest absolute Gasteiger partial charge is 0.291 e. The van der Waals surface area contributed by atoms with Crippen LogP contribution in [0.25, 0.3) is 11.0 Å². The number of aryl methyl sites for hydroxylation is 1. The van der Waals surface area contributed by atoms with E-state index in [-0.39, 0.29) is 24.2 Å². The molecule has 0 saturated heterocycles. The summed E-state index contributed by atoms with van der Waals surface area (Å²) in [5.74, 6) is 0.878. The maximum absolute atomic E-state index is 12.6. The Hall–Kier alpha value is -3.48. The summed E-state index contributed by atoms with van der Waals surface area (Å²) in [6, 6.07) is 10.4. The van der Waals surface area contributed by atoms with Crippen molar-refractivity contribution in [3.05, 3.63) is 47.7 Å². The highest BCUT2D eigenvalue weighted by Gasteiger charge is 2.20. The van der Waals surface area contributed by atoms with Crippen molar-refractivity contribution in [2.45, 2.75) is 6.92 Å². The Bertz CT molecular complexity index is 1040. The van der Waals surface area contributed by atoms with E-state index in [1.165, 1.54) is 0 Å². The zero-order valence-corrected chi connectivity index (χ0v) is 14.2. The van der Waals surface area contributed by atoms with E-state index in [1.54, 1.807) is 37.4 Å². The van der Waals surface area contributed by atoms with E-state index in [2.05, 4.69) is 10.6 Å². The van der Waals surface area contributed by atoms with Crippen molar-refractivity contribution in [1.82, 2.24) is 0 Å². The summed E-state index contributed by atoms with van der Waals surface area (Å²) >= 11 is 0. The van der Waals surface area contributed by atoms with Gasteiger partial charge in [-0.1, -0.05) is 0 Å². The largest absolute Gasteiger partial charge is 0.497 e. The van der Waals surface area contributed by atoms with E-state index in [0.29, 0.717) is 28.5 Å². The highest BCUT2D eigenvalue weighted by atomic mass is 16.5. The van der Waals surface area contributed by atoms with Crippen molar-refractivity contribution in [3.8, 4) is 11.5 Å². The van der Waals surface area contributed by atoms with E-state index in [9.17, 15) is 9.59 Å². The lowest BCUT2D eigenvalue weighted by atomic mass is 10.1. The number of benzene rings is 2. The van der Waals surface area contributed by atoms with Gasteiger partial charge in [-0.25, -0.2) is 0 Å². The van der Waals surface area contributed by atoms with Crippen LogP contribution in [-0.2, 0) is 4.79 Å². The van der Waals surface area contributed by atoms with E-state index in [0.717, 1.165) is 10.9 Å². The minimum Gasteiger partial charge on any atom is -0.497 e. The van der Waals surface area contributed by atoms with Gasteiger partial charge < -0.3 is 24.5 Å². The van der Waals surface area contributed by atoms with E-state index in [4.69, 9.17) is 13.9 Å². The predicted octanol–water partition coefficient (Wildman–Crippen LogP) is 3.33. The monoisotopic (exact) mass is 352 g/mol. The molecule has 2 amide bonds. The summed E-state index contributed by atoms with van der Waals surface area (Å²) in [6.45, 7) is 1.81. The second-order valence-electron chi connectivity index (χ2n) is 5.92. The molecule has 2 N–H and O–H groups in total. The fourth-order valence-electron chi connectivity index (χ4n) is 2.89. The zero-order chi connectivity index (χ0) is 18.3. The fourth-order valence-corrected chi connectivity index (χ4v) is 2.89. The standard InChI is InChI=1S/C19H16N2O5/c1-10-13-8-12(24-2)4-6-15(13)26-18(10)19(23)20-11-3-5-16-14(7-11)21-17(22)9-25-16/h3-8H,9H2,1-2H3,(H,20,23)(H,21,22). The zero-order valence-electron chi connectivity index (χ0n) is 14.2. The third kappa shape index (κ3) is 2.73. The van der Waals surface area contributed by atoms with Crippen molar-refractivity contribution >= 4 is 34.2 Å². The number of furan rings is 1. The Morgan fingerprint density at radius 2 is 2.08 bits per heavy atom. The predicted molar refractivity (Wildman–Crippen MR) is 96.0 cm³/mol.